The Labute approximate surface area is 111 Å². The van der Waals surface area contributed by atoms with Crippen molar-refractivity contribution < 1.29 is 9.47 Å². The van der Waals surface area contributed by atoms with Crippen LogP contribution in [-0.4, -0.2) is 57.5 Å². The van der Waals surface area contributed by atoms with Gasteiger partial charge in [-0.05, 0) is 32.2 Å². The van der Waals surface area contributed by atoms with E-state index in [1.54, 1.807) is 7.11 Å². The number of hydrogen-bond donors (Lipinski definition) is 1. The Hall–Kier alpha value is 0.130. The van der Waals surface area contributed by atoms with Crippen LogP contribution >= 0.6 is 12.4 Å². The van der Waals surface area contributed by atoms with Gasteiger partial charge in [-0.1, -0.05) is 0 Å². The summed E-state index contributed by atoms with van der Waals surface area (Å²) in [4.78, 5) is 2.46. The number of nitrogens with zero attached hydrogens (tertiary/aromatic N) is 1. The predicted molar refractivity (Wildman–Crippen MR) is 72.8 cm³/mol. The molecule has 0 amide bonds. The molecule has 2 N–H and O–H groups in total. The zero-order valence-electron chi connectivity index (χ0n) is 11.1. The van der Waals surface area contributed by atoms with Gasteiger partial charge in [0.25, 0.3) is 0 Å². The first-order valence-electron chi connectivity index (χ1n) is 6.28. The second kappa shape index (κ2) is 10.1. The number of methoxy groups -OCH3 is 1. The molecule has 1 rings (SSSR count). The standard InChI is InChI=1S/C12H26N2O2.ClH/c1-11(13)12-4-3-5-14(10-12)6-7-16-9-8-15-2;/h11-12H,3-10,13H2,1-2H3;1H. The highest BCUT2D eigenvalue weighted by Gasteiger charge is 2.21. The van der Waals surface area contributed by atoms with Gasteiger partial charge in [0.2, 0.25) is 0 Å². The first-order chi connectivity index (χ1) is 7.74. The summed E-state index contributed by atoms with van der Waals surface area (Å²) in [5.41, 5.74) is 5.95. The topological polar surface area (TPSA) is 47.7 Å². The van der Waals surface area contributed by atoms with Crippen LogP contribution in [-0.2, 0) is 9.47 Å². The molecule has 1 aliphatic rings. The Morgan fingerprint density at radius 2 is 2.12 bits per heavy atom. The van der Waals surface area contributed by atoms with Gasteiger partial charge in [-0.3, -0.25) is 0 Å². The van der Waals surface area contributed by atoms with Crippen LogP contribution in [0.5, 0.6) is 0 Å². The monoisotopic (exact) mass is 266 g/mol. The van der Waals surface area contributed by atoms with Gasteiger partial charge in [0.15, 0.2) is 0 Å². The van der Waals surface area contributed by atoms with Crippen LogP contribution in [0.25, 0.3) is 0 Å². The molecule has 0 aliphatic carbocycles. The van der Waals surface area contributed by atoms with E-state index >= 15 is 0 Å². The molecule has 0 aromatic carbocycles. The maximum Gasteiger partial charge on any atom is 0.0700 e. The molecule has 0 aromatic heterocycles. The van der Waals surface area contributed by atoms with Crippen molar-refractivity contribution >= 4 is 12.4 Å². The number of ether oxygens (including phenoxy) is 2. The molecule has 104 valence electrons. The highest BCUT2D eigenvalue weighted by atomic mass is 35.5. The van der Waals surface area contributed by atoms with Crippen LogP contribution in [0.3, 0.4) is 0 Å². The molecule has 0 saturated carbocycles. The Morgan fingerprint density at radius 1 is 1.35 bits per heavy atom. The van der Waals surface area contributed by atoms with Crippen LogP contribution in [0, 0.1) is 5.92 Å². The lowest BCUT2D eigenvalue weighted by molar-refractivity contribution is 0.0481. The summed E-state index contributed by atoms with van der Waals surface area (Å²) in [6.45, 7) is 7.64. The minimum Gasteiger partial charge on any atom is -0.382 e. The van der Waals surface area contributed by atoms with E-state index in [4.69, 9.17) is 15.2 Å². The molecule has 0 spiro atoms. The smallest absolute Gasteiger partial charge is 0.0700 e. The first-order valence-corrected chi connectivity index (χ1v) is 6.28. The molecule has 5 heteroatoms. The third kappa shape index (κ3) is 7.21. The lowest BCUT2D eigenvalue weighted by atomic mass is 9.92. The largest absolute Gasteiger partial charge is 0.382 e. The predicted octanol–water partition coefficient (Wildman–Crippen LogP) is 1.13. The van der Waals surface area contributed by atoms with E-state index in [-0.39, 0.29) is 12.4 Å². The van der Waals surface area contributed by atoms with E-state index in [0.717, 1.165) is 19.7 Å². The Morgan fingerprint density at radius 3 is 2.76 bits per heavy atom. The fourth-order valence-corrected chi connectivity index (χ4v) is 2.16. The number of piperidine rings is 1. The number of halogens is 1. The fraction of sp³-hybridized carbons (Fsp3) is 1.00. The summed E-state index contributed by atoms with van der Waals surface area (Å²) >= 11 is 0. The van der Waals surface area contributed by atoms with E-state index < -0.39 is 0 Å². The molecule has 2 atom stereocenters. The molecule has 0 bridgehead atoms. The summed E-state index contributed by atoms with van der Waals surface area (Å²) < 4.78 is 10.4. The van der Waals surface area contributed by atoms with Crippen LogP contribution in [0.2, 0.25) is 0 Å². The maximum absolute atomic E-state index is 5.95. The van der Waals surface area contributed by atoms with Gasteiger partial charge in [-0.25, -0.2) is 0 Å². The van der Waals surface area contributed by atoms with Gasteiger partial charge in [0, 0.05) is 26.2 Å². The summed E-state index contributed by atoms with van der Waals surface area (Å²) in [5.74, 6) is 0.660. The number of rotatable bonds is 7. The zero-order chi connectivity index (χ0) is 11.8. The van der Waals surface area contributed by atoms with Gasteiger partial charge < -0.3 is 20.1 Å². The normalized spacial score (nSPS) is 23.1. The number of nitrogens with two attached hydrogens (primary N) is 1. The number of likely N-dealkylation sites (tertiary alicyclic amines) is 1. The van der Waals surface area contributed by atoms with E-state index in [9.17, 15) is 0 Å². The van der Waals surface area contributed by atoms with Crippen molar-refractivity contribution in [3.63, 3.8) is 0 Å². The molecule has 1 saturated heterocycles. The minimum atomic E-state index is 0. The lowest BCUT2D eigenvalue weighted by Crippen LogP contribution is -2.43. The van der Waals surface area contributed by atoms with Crippen LogP contribution < -0.4 is 5.73 Å². The highest BCUT2D eigenvalue weighted by Crippen LogP contribution is 2.18. The number of hydrogen-bond acceptors (Lipinski definition) is 4. The Bertz CT molecular complexity index is 182. The van der Waals surface area contributed by atoms with Gasteiger partial charge in [0.1, 0.15) is 0 Å². The van der Waals surface area contributed by atoms with Crippen LogP contribution in [0.1, 0.15) is 19.8 Å². The third-order valence-corrected chi connectivity index (χ3v) is 3.27. The van der Waals surface area contributed by atoms with Gasteiger partial charge in [-0.2, -0.15) is 0 Å². The average Bonchev–Trinajstić information content (AvgIpc) is 2.29. The zero-order valence-corrected chi connectivity index (χ0v) is 11.9. The molecule has 1 heterocycles. The van der Waals surface area contributed by atoms with E-state index in [1.165, 1.54) is 19.4 Å². The summed E-state index contributed by atoms with van der Waals surface area (Å²) in [6, 6.07) is 0.317. The first kappa shape index (κ1) is 17.1. The van der Waals surface area contributed by atoms with Crippen molar-refractivity contribution in [3.05, 3.63) is 0 Å². The minimum absolute atomic E-state index is 0. The van der Waals surface area contributed by atoms with E-state index in [1.807, 2.05) is 0 Å². The Balaban J connectivity index is 0.00000256. The second-order valence-corrected chi connectivity index (χ2v) is 4.67. The van der Waals surface area contributed by atoms with Gasteiger partial charge >= 0.3 is 0 Å². The molecular weight excluding hydrogens is 240 g/mol. The highest BCUT2D eigenvalue weighted by molar-refractivity contribution is 5.85. The van der Waals surface area contributed by atoms with Crippen molar-refractivity contribution in [1.29, 1.82) is 0 Å². The summed E-state index contributed by atoms with van der Waals surface area (Å²) in [6.07, 6.45) is 2.54. The third-order valence-electron chi connectivity index (χ3n) is 3.27. The SMILES string of the molecule is COCCOCCN1CCCC(C(C)N)C1.Cl. The molecule has 1 fully saturated rings. The molecular formula is C12H27ClN2O2. The van der Waals surface area contributed by atoms with Crippen LogP contribution in [0.15, 0.2) is 0 Å². The van der Waals surface area contributed by atoms with Crippen molar-refractivity contribution in [2.45, 2.75) is 25.8 Å². The summed E-state index contributed by atoms with van der Waals surface area (Å²) in [5, 5.41) is 0. The van der Waals surface area contributed by atoms with Crippen LogP contribution in [0.4, 0.5) is 0 Å². The van der Waals surface area contributed by atoms with Crippen molar-refractivity contribution in [2.75, 3.05) is 46.6 Å². The fourth-order valence-electron chi connectivity index (χ4n) is 2.16. The average molecular weight is 267 g/mol. The molecule has 2 unspecified atom stereocenters. The van der Waals surface area contributed by atoms with Gasteiger partial charge in [-0.15, -0.1) is 12.4 Å². The second-order valence-electron chi connectivity index (χ2n) is 4.67. The van der Waals surface area contributed by atoms with Gasteiger partial charge in [0.05, 0.1) is 19.8 Å². The Kier molecular flexibility index (Phi) is 10.2. The maximum atomic E-state index is 5.95. The molecule has 4 nitrogen and oxygen atoms in total. The van der Waals surface area contributed by atoms with Crippen molar-refractivity contribution in [1.82, 2.24) is 4.90 Å². The lowest BCUT2D eigenvalue weighted by Gasteiger charge is -2.34. The molecule has 0 radical (unpaired) electrons. The van der Waals surface area contributed by atoms with E-state index in [0.29, 0.717) is 25.2 Å². The van der Waals surface area contributed by atoms with Crippen molar-refractivity contribution in [2.24, 2.45) is 11.7 Å². The van der Waals surface area contributed by atoms with Crippen molar-refractivity contribution in [3.8, 4) is 0 Å². The van der Waals surface area contributed by atoms with E-state index in [2.05, 4.69) is 11.8 Å². The quantitative estimate of drug-likeness (QED) is 0.702. The summed E-state index contributed by atoms with van der Waals surface area (Å²) in [7, 11) is 1.70. The molecule has 17 heavy (non-hydrogen) atoms. The molecule has 1 aliphatic heterocycles. The molecule has 0 aromatic rings.